The standard InChI is InChI=1S/C23H30FN3O2.C14H21FN2O.C9H11NO2/c1-5-22(28)19-10-9-17(14-20(19)24)13-18(27(3)4)15-26-23(29)12-16(2)21-8-6-7-11-25-21;1-4-14(18)12-6-5-10(8-13(12)15)7-11(9-16)17(2)3;1-7(6-9(11)12)8-4-2-3-5-10-8/h6-11,14,16,18H,5,12-13,15H2,1-4H3,(H,26,29);5-6,8,11H,4,7,9,16H2,1-3H3;2-5,7H,6H2,1H3,(H,11,12)/t16-,18-;11-;7-/m000/s1. The Bertz CT molecular complexity index is 1910. The number of likely N-dealkylation sites (N-methyl/N-ethyl adjacent to an activating group) is 2. The summed E-state index contributed by atoms with van der Waals surface area (Å²) in [4.78, 5) is 58.3. The van der Waals surface area contributed by atoms with E-state index in [0.717, 1.165) is 22.5 Å². The Balaban J connectivity index is 0.000000339. The fraction of sp³-hybridized carbons (Fsp3) is 0.435. The molecule has 13 heteroatoms. The number of aromatic nitrogens is 2. The van der Waals surface area contributed by atoms with Crippen LogP contribution in [0.1, 0.15) is 108 Å². The minimum Gasteiger partial charge on any atom is -0.481 e. The number of nitrogens with two attached hydrogens (primary N) is 1. The molecule has 11 nitrogen and oxygen atoms in total. The number of hydrogen-bond acceptors (Lipinski definition) is 9. The lowest BCUT2D eigenvalue weighted by atomic mass is 10.00. The summed E-state index contributed by atoms with van der Waals surface area (Å²) in [5.74, 6) is -2.09. The molecule has 0 spiro atoms. The van der Waals surface area contributed by atoms with E-state index >= 15 is 0 Å². The minimum atomic E-state index is -0.784. The smallest absolute Gasteiger partial charge is 0.304 e. The van der Waals surface area contributed by atoms with Gasteiger partial charge in [-0.15, -0.1) is 0 Å². The number of pyridine rings is 2. The molecule has 320 valence electrons. The second kappa shape index (κ2) is 26.0. The van der Waals surface area contributed by atoms with Crippen molar-refractivity contribution in [3.05, 3.63) is 130 Å². The van der Waals surface area contributed by atoms with Gasteiger partial charge in [-0.2, -0.15) is 0 Å². The summed E-state index contributed by atoms with van der Waals surface area (Å²) < 4.78 is 28.0. The van der Waals surface area contributed by atoms with Gasteiger partial charge < -0.3 is 26.0 Å². The number of rotatable bonds is 19. The number of carboxylic acid groups (broad SMARTS) is 1. The van der Waals surface area contributed by atoms with Crippen molar-refractivity contribution < 1.29 is 33.1 Å². The van der Waals surface area contributed by atoms with Gasteiger partial charge >= 0.3 is 5.97 Å². The molecule has 59 heavy (non-hydrogen) atoms. The first-order valence-corrected chi connectivity index (χ1v) is 20.0. The third-order valence-corrected chi connectivity index (χ3v) is 9.88. The summed E-state index contributed by atoms with van der Waals surface area (Å²) in [6.07, 6.45) is 5.75. The minimum absolute atomic E-state index is 0.0104. The number of aliphatic carboxylic acids is 1. The number of benzene rings is 2. The van der Waals surface area contributed by atoms with E-state index in [1.165, 1.54) is 12.1 Å². The summed E-state index contributed by atoms with van der Waals surface area (Å²) in [6.45, 7) is 8.26. The van der Waals surface area contributed by atoms with Crippen LogP contribution in [0, 0.1) is 11.6 Å². The van der Waals surface area contributed by atoms with Crippen LogP contribution in [0.4, 0.5) is 8.78 Å². The molecule has 1 amide bonds. The third-order valence-electron chi connectivity index (χ3n) is 9.88. The Kier molecular flexibility index (Phi) is 22.0. The first-order valence-electron chi connectivity index (χ1n) is 20.0. The molecular weight excluding hydrogens is 755 g/mol. The van der Waals surface area contributed by atoms with Gasteiger partial charge in [-0.05, 0) is 101 Å². The van der Waals surface area contributed by atoms with Gasteiger partial charge in [0.2, 0.25) is 5.91 Å². The van der Waals surface area contributed by atoms with Crippen LogP contribution in [-0.4, -0.2) is 102 Å². The molecule has 0 saturated heterocycles. The van der Waals surface area contributed by atoms with Crippen molar-refractivity contribution in [3.8, 4) is 0 Å². The molecule has 0 aliphatic rings. The van der Waals surface area contributed by atoms with E-state index < -0.39 is 17.6 Å². The van der Waals surface area contributed by atoms with Crippen LogP contribution in [0.15, 0.2) is 85.2 Å². The van der Waals surface area contributed by atoms with Crippen LogP contribution >= 0.6 is 0 Å². The van der Waals surface area contributed by atoms with Gasteiger partial charge in [-0.3, -0.25) is 29.1 Å². The van der Waals surface area contributed by atoms with Crippen LogP contribution in [0.5, 0.6) is 0 Å². The highest BCUT2D eigenvalue weighted by Crippen LogP contribution is 2.19. The SMILES string of the molecule is CCC(=O)c1ccc(C[C@@H](CN)N(C)C)cc1F.CCC(=O)c1ccc(C[C@@H](CNC(=O)C[C@H](C)c2ccccn2)N(C)C)cc1F.C[C@@H](CC(=O)O)c1ccccn1. The number of nitrogens with one attached hydrogen (secondary N) is 1. The quantitative estimate of drug-likeness (QED) is 0.0834. The summed E-state index contributed by atoms with van der Waals surface area (Å²) >= 11 is 0. The number of halogens is 2. The normalized spacial score (nSPS) is 12.9. The van der Waals surface area contributed by atoms with Crippen LogP contribution in [0.2, 0.25) is 0 Å². The van der Waals surface area contributed by atoms with E-state index in [1.54, 1.807) is 50.5 Å². The molecular formula is C46H62F2N6O5. The van der Waals surface area contributed by atoms with Crippen molar-refractivity contribution in [3.63, 3.8) is 0 Å². The number of Topliss-reactive ketones (excluding diaryl/α,β-unsaturated/α-hetero) is 2. The predicted octanol–water partition coefficient (Wildman–Crippen LogP) is 7.11. The third kappa shape index (κ3) is 17.7. The molecule has 4 aromatic rings. The zero-order valence-electron chi connectivity index (χ0n) is 35.8. The van der Waals surface area contributed by atoms with Gasteiger partial charge in [0.15, 0.2) is 11.6 Å². The predicted molar refractivity (Wildman–Crippen MR) is 229 cm³/mol. The molecule has 0 radical (unpaired) electrons. The highest BCUT2D eigenvalue weighted by atomic mass is 19.1. The zero-order chi connectivity index (χ0) is 44.1. The maximum absolute atomic E-state index is 14.2. The van der Waals surface area contributed by atoms with Gasteiger partial charge in [-0.25, -0.2) is 8.78 Å². The Labute approximate surface area is 348 Å². The first-order chi connectivity index (χ1) is 28.0. The van der Waals surface area contributed by atoms with Gasteiger partial charge in [0.05, 0.1) is 17.5 Å². The van der Waals surface area contributed by atoms with E-state index in [9.17, 15) is 28.0 Å². The summed E-state index contributed by atoms with van der Waals surface area (Å²) in [5.41, 5.74) is 9.37. The summed E-state index contributed by atoms with van der Waals surface area (Å²) in [5, 5.41) is 11.5. The average molecular weight is 817 g/mol. The Hall–Kier alpha value is -5.24. The van der Waals surface area contributed by atoms with Crippen molar-refractivity contribution in [2.45, 2.75) is 90.1 Å². The molecule has 4 rings (SSSR count). The Morgan fingerprint density at radius 1 is 0.695 bits per heavy atom. The molecule has 4 N–H and O–H groups in total. The molecule has 0 unspecified atom stereocenters. The second-order valence-corrected chi connectivity index (χ2v) is 15.0. The van der Waals surface area contributed by atoms with Crippen LogP contribution in [0.25, 0.3) is 0 Å². The Morgan fingerprint density at radius 2 is 1.14 bits per heavy atom. The van der Waals surface area contributed by atoms with E-state index in [4.69, 9.17) is 10.8 Å². The summed E-state index contributed by atoms with van der Waals surface area (Å²) in [7, 11) is 7.75. The molecule has 0 saturated carbocycles. The number of hydrogen-bond donors (Lipinski definition) is 3. The van der Waals surface area contributed by atoms with Gasteiger partial charge in [0, 0.05) is 80.1 Å². The number of carboxylic acids is 1. The van der Waals surface area contributed by atoms with E-state index in [1.807, 2.05) is 88.2 Å². The topological polar surface area (TPSA) is 159 Å². The summed E-state index contributed by atoms with van der Waals surface area (Å²) in [6, 6.07) is 21.0. The van der Waals surface area contributed by atoms with Crippen LogP contribution < -0.4 is 11.1 Å². The molecule has 0 bridgehead atoms. The maximum atomic E-state index is 14.2. The number of amides is 1. The zero-order valence-corrected chi connectivity index (χ0v) is 35.8. The number of carbonyl (C=O) groups excluding carboxylic acids is 3. The fourth-order valence-electron chi connectivity index (χ4n) is 6.05. The van der Waals surface area contributed by atoms with Gasteiger partial charge in [0.1, 0.15) is 11.6 Å². The van der Waals surface area contributed by atoms with Crippen LogP contribution in [-0.2, 0) is 22.4 Å². The van der Waals surface area contributed by atoms with Crippen molar-refractivity contribution in [1.82, 2.24) is 25.1 Å². The molecule has 4 atom stereocenters. The molecule has 2 heterocycles. The first kappa shape index (κ1) is 49.9. The lowest BCUT2D eigenvalue weighted by molar-refractivity contribution is -0.137. The second-order valence-electron chi connectivity index (χ2n) is 15.0. The van der Waals surface area contributed by atoms with Crippen molar-refractivity contribution >= 4 is 23.4 Å². The van der Waals surface area contributed by atoms with Crippen molar-refractivity contribution in [2.24, 2.45) is 5.73 Å². The van der Waals surface area contributed by atoms with Crippen molar-refractivity contribution in [1.29, 1.82) is 0 Å². The van der Waals surface area contributed by atoms with E-state index in [2.05, 4.69) is 15.3 Å². The number of carbonyl (C=O) groups is 4. The van der Waals surface area contributed by atoms with Gasteiger partial charge in [0.25, 0.3) is 0 Å². The lowest BCUT2D eigenvalue weighted by Gasteiger charge is -2.25. The molecule has 2 aromatic heterocycles. The van der Waals surface area contributed by atoms with Crippen LogP contribution in [0.3, 0.4) is 0 Å². The number of nitrogens with zero attached hydrogens (tertiary/aromatic N) is 4. The number of ketones is 2. The van der Waals surface area contributed by atoms with Gasteiger partial charge in [-0.1, -0.05) is 52.0 Å². The largest absolute Gasteiger partial charge is 0.481 e. The highest BCUT2D eigenvalue weighted by Gasteiger charge is 2.19. The maximum Gasteiger partial charge on any atom is 0.304 e. The monoisotopic (exact) mass is 816 g/mol. The average Bonchev–Trinajstić information content (AvgIpc) is 3.21. The highest BCUT2D eigenvalue weighted by molar-refractivity contribution is 5.96. The molecule has 0 fully saturated rings. The molecule has 2 aromatic carbocycles. The van der Waals surface area contributed by atoms with E-state index in [-0.39, 0.29) is 65.4 Å². The van der Waals surface area contributed by atoms with E-state index in [0.29, 0.717) is 38.8 Å². The Morgan fingerprint density at radius 3 is 1.49 bits per heavy atom. The van der Waals surface area contributed by atoms with Crippen molar-refractivity contribution in [2.75, 3.05) is 41.3 Å². The fourth-order valence-corrected chi connectivity index (χ4v) is 6.05. The molecule has 0 aliphatic heterocycles. The molecule has 0 aliphatic carbocycles. The lowest BCUT2D eigenvalue weighted by Crippen LogP contribution is -2.41.